The van der Waals surface area contributed by atoms with Crippen LogP contribution in [0.3, 0.4) is 0 Å². The molecule has 0 fully saturated rings. The molecular formula is C18H21N5. The average Bonchev–Trinajstić information content (AvgIpc) is 2.93. The fourth-order valence-electron chi connectivity index (χ4n) is 3.27. The molecule has 23 heavy (non-hydrogen) atoms. The summed E-state index contributed by atoms with van der Waals surface area (Å²) in [7, 11) is 3.95. The van der Waals surface area contributed by atoms with Gasteiger partial charge >= 0.3 is 0 Å². The standard InChI is InChI=1S/C18H21N5/c1-12-11-14-16(19-12)20-18(22(2)3)21-17(14)23-10-6-8-13-7-4-5-9-15(13)23/h4-5,7,9,11H,6,8,10H2,1-3H3,(H,19,20,21). The quantitative estimate of drug-likeness (QED) is 0.788. The zero-order valence-electron chi connectivity index (χ0n) is 13.8. The van der Waals surface area contributed by atoms with E-state index in [2.05, 4.69) is 52.1 Å². The molecule has 0 saturated carbocycles. The van der Waals surface area contributed by atoms with Gasteiger partial charge < -0.3 is 14.8 Å². The maximum absolute atomic E-state index is 4.86. The smallest absolute Gasteiger partial charge is 0.228 e. The van der Waals surface area contributed by atoms with Crippen molar-refractivity contribution in [2.45, 2.75) is 19.8 Å². The van der Waals surface area contributed by atoms with Crippen LogP contribution in [-0.4, -0.2) is 35.6 Å². The molecule has 0 bridgehead atoms. The number of aromatic nitrogens is 3. The summed E-state index contributed by atoms with van der Waals surface area (Å²) >= 11 is 0. The molecule has 2 aromatic heterocycles. The van der Waals surface area contributed by atoms with Crippen LogP contribution in [0.4, 0.5) is 17.5 Å². The Bertz CT molecular complexity index is 865. The molecule has 5 nitrogen and oxygen atoms in total. The summed E-state index contributed by atoms with van der Waals surface area (Å²) in [5, 5.41) is 1.09. The molecule has 0 spiro atoms. The van der Waals surface area contributed by atoms with Crippen molar-refractivity contribution in [1.29, 1.82) is 0 Å². The van der Waals surface area contributed by atoms with E-state index in [1.807, 2.05) is 19.0 Å². The van der Waals surface area contributed by atoms with Crippen molar-refractivity contribution < 1.29 is 0 Å². The van der Waals surface area contributed by atoms with Gasteiger partial charge in [-0.2, -0.15) is 9.97 Å². The molecule has 1 aromatic carbocycles. The van der Waals surface area contributed by atoms with Gasteiger partial charge in [-0.1, -0.05) is 18.2 Å². The molecular weight excluding hydrogens is 286 g/mol. The highest BCUT2D eigenvalue weighted by Crippen LogP contribution is 2.36. The van der Waals surface area contributed by atoms with Crippen LogP contribution in [0.5, 0.6) is 0 Å². The van der Waals surface area contributed by atoms with Crippen molar-refractivity contribution in [1.82, 2.24) is 15.0 Å². The second-order valence-corrected chi connectivity index (χ2v) is 6.34. The van der Waals surface area contributed by atoms with Crippen molar-refractivity contribution in [2.75, 3.05) is 30.4 Å². The molecule has 1 N–H and O–H groups in total. The number of nitrogens with zero attached hydrogens (tertiary/aromatic N) is 4. The van der Waals surface area contributed by atoms with Gasteiger partial charge in [0.1, 0.15) is 11.5 Å². The number of hydrogen-bond acceptors (Lipinski definition) is 4. The van der Waals surface area contributed by atoms with Crippen LogP contribution in [0.25, 0.3) is 11.0 Å². The van der Waals surface area contributed by atoms with Crippen molar-refractivity contribution in [3.63, 3.8) is 0 Å². The van der Waals surface area contributed by atoms with Crippen LogP contribution in [0.1, 0.15) is 17.7 Å². The van der Waals surface area contributed by atoms with Gasteiger partial charge in [0.05, 0.1) is 5.39 Å². The number of H-pyrrole nitrogens is 1. The van der Waals surface area contributed by atoms with E-state index < -0.39 is 0 Å². The van der Waals surface area contributed by atoms with Gasteiger partial charge in [0.2, 0.25) is 5.95 Å². The van der Waals surface area contributed by atoms with E-state index in [-0.39, 0.29) is 0 Å². The number of anilines is 3. The number of fused-ring (bicyclic) bond motifs is 2. The van der Waals surface area contributed by atoms with Gasteiger partial charge in [0.15, 0.2) is 0 Å². The first-order chi connectivity index (χ1) is 11.1. The van der Waals surface area contributed by atoms with Gasteiger partial charge in [-0.25, -0.2) is 0 Å². The highest BCUT2D eigenvalue weighted by atomic mass is 15.3. The van der Waals surface area contributed by atoms with Crippen molar-refractivity contribution in [3.05, 3.63) is 41.6 Å². The molecule has 1 aliphatic heterocycles. The summed E-state index contributed by atoms with van der Waals surface area (Å²) in [6, 6.07) is 10.8. The number of hydrogen-bond donors (Lipinski definition) is 1. The molecule has 4 rings (SSSR count). The molecule has 0 radical (unpaired) electrons. The van der Waals surface area contributed by atoms with Crippen molar-refractivity contribution in [3.8, 4) is 0 Å². The van der Waals surface area contributed by atoms with E-state index in [9.17, 15) is 0 Å². The molecule has 0 atom stereocenters. The van der Waals surface area contributed by atoms with E-state index in [0.29, 0.717) is 0 Å². The molecule has 3 heterocycles. The van der Waals surface area contributed by atoms with E-state index in [0.717, 1.165) is 47.9 Å². The first-order valence-electron chi connectivity index (χ1n) is 8.03. The Balaban J connectivity index is 1.95. The summed E-state index contributed by atoms with van der Waals surface area (Å²) < 4.78 is 0. The number of rotatable bonds is 2. The lowest BCUT2D eigenvalue weighted by Crippen LogP contribution is -2.26. The monoisotopic (exact) mass is 307 g/mol. The Morgan fingerprint density at radius 2 is 2.00 bits per heavy atom. The molecule has 0 amide bonds. The van der Waals surface area contributed by atoms with Crippen LogP contribution in [-0.2, 0) is 6.42 Å². The van der Waals surface area contributed by atoms with Crippen LogP contribution >= 0.6 is 0 Å². The van der Waals surface area contributed by atoms with Gasteiger partial charge in [-0.15, -0.1) is 0 Å². The Kier molecular flexibility index (Phi) is 3.22. The lowest BCUT2D eigenvalue weighted by atomic mass is 10.0. The maximum atomic E-state index is 4.86. The minimum Gasteiger partial charge on any atom is -0.347 e. The Hall–Kier alpha value is -2.56. The van der Waals surface area contributed by atoms with Crippen molar-refractivity contribution in [2.24, 2.45) is 0 Å². The van der Waals surface area contributed by atoms with E-state index in [4.69, 9.17) is 4.98 Å². The largest absolute Gasteiger partial charge is 0.347 e. The SMILES string of the molecule is Cc1cc2c(N3CCCc4ccccc43)nc(N(C)C)nc2[nH]1. The predicted molar refractivity (Wildman–Crippen MR) is 94.7 cm³/mol. The molecule has 3 aromatic rings. The van der Waals surface area contributed by atoms with Crippen LogP contribution in [0.15, 0.2) is 30.3 Å². The van der Waals surface area contributed by atoms with E-state index in [1.165, 1.54) is 11.3 Å². The minimum absolute atomic E-state index is 0.734. The van der Waals surface area contributed by atoms with Gasteiger partial charge in [-0.3, -0.25) is 0 Å². The fraction of sp³-hybridized carbons (Fsp3) is 0.333. The van der Waals surface area contributed by atoms with Crippen molar-refractivity contribution >= 4 is 28.5 Å². The first kappa shape index (κ1) is 14.1. The molecule has 118 valence electrons. The highest BCUT2D eigenvalue weighted by molar-refractivity contribution is 5.92. The van der Waals surface area contributed by atoms with Gasteiger partial charge in [0.25, 0.3) is 0 Å². The third-order valence-corrected chi connectivity index (χ3v) is 4.36. The van der Waals surface area contributed by atoms with E-state index >= 15 is 0 Å². The Labute approximate surface area is 136 Å². The van der Waals surface area contributed by atoms with E-state index in [1.54, 1.807) is 0 Å². The number of aryl methyl sites for hydroxylation is 2. The molecule has 0 unspecified atom stereocenters. The first-order valence-corrected chi connectivity index (χ1v) is 8.03. The number of aromatic amines is 1. The van der Waals surface area contributed by atoms with Crippen LogP contribution in [0, 0.1) is 6.92 Å². The number of nitrogens with one attached hydrogen (secondary N) is 1. The van der Waals surface area contributed by atoms with Gasteiger partial charge in [-0.05, 0) is 37.5 Å². The van der Waals surface area contributed by atoms with Gasteiger partial charge in [0, 0.05) is 32.0 Å². The third kappa shape index (κ3) is 2.32. The summed E-state index contributed by atoms with van der Waals surface area (Å²) in [4.78, 5) is 17.1. The molecule has 5 heteroatoms. The number of para-hydroxylation sites is 1. The minimum atomic E-state index is 0.734. The molecule has 0 aliphatic carbocycles. The fourth-order valence-corrected chi connectivity index (χ4v) is 3.27. The normalized spacial score (nSPS) is 14.1. The lowest BCUT2D eigenvalue weighted by molar-refractivity contribution is 0.760. The summed E-state index contributed by atoms with van der Waals surface area (Å²) in [6.45, 7) is 3.05. The zero-order valence-corrected chi connectivity index (χ0v) is 13.8. The summed E-state index contributed by atoms with van der Waals surface area (Å²) in [6.07, 6.45) is 2.27. The second-order valence-electron chi connectivity index (χ2n) is 6.34. The summed E-state index contributed by atoms with van der Waals surface area (Å²) in [5.41, 5.74) is 4.67. The van der Waals surface area contributed by atoms with Crippen LogP contribution in [0.2, 0.25) is 0 Å². The second kappa shape index (κ2) is 5.26. The average molecular weight is 307 g/mol. The highest BCUT2D eigenvalue weighted by Gasteiger charge is 2.22. The Morgan fingerprint density at radius 3 is 2.83 bits per heavy atom. The van der Waals surface area contributed by atoms with Crippen LogP contribution < -0.4 is 9.80 Å². The third-order valence-electron chi connectivity index (χ3n) is 4.36. The zero-order chi connectivity index (χ0) is 16.0. The predicted octanol–water partition coefficient (Wildman–Crippen LogP) is 3.42. The maximum Gasteiger partial charge on any atom is 0.228 e. The summed E-state index contributed by atoms with van der Waals surface area (Å²) in [5.74, 6) is 1.73. The Morgan fingerprint density at radius 1 is 1.17 bits per heavy atom. The number of benzene rings is 1. The topological polar surface area (TPSA) is 48.1 Å². The molecule has 1 aliphatic rings. The molecule has 0 saturated heterocycles. The lowest BCUT2D eigenvalue weighted by Gasteiger charge is -2.31.